The normalized spacial score (nSPS) is 17.0. The van der Waals surface area contributed by atoms with Gasteiger partial charge in [0, 0.05) is 12.4 Å². The third-order valence-electron chi connectivity index (χ3n) is 3.19. The molecular weight excluding hydrogens is 304 g/mol. The summed E-state index contributed by atoms with van der Waals surface area (Å²) in [5, 5.41) is 0.995. The largest absolute Gasteiger partial charge is 0.494 e. The van der Waals surface area contributed by atoms with Crippen LogP contribution >= 0.6 is 24.0 Å². The molecule has 0 aliphatic carbocycles. The number of pyridine rings is 1. The number of rotatable bonds is 2. The number of carbonyl (C=O) groups is 1. The molecule has 1 aliphatic heterocycles. The van der Waals surface area contributed by atoms with Gasteiger partial charge in [-0.2, -0.15) is 0 Å². The molecular formula is C15H12N2O2S2. The minimum Gasteiger partial charge on any atom is -0.494 e. The molecule has 1 amide bonds. The molecule has 0 radical (unpaired) electrons. The van der Waals surface area contributed by atoms with Gasteiger partial charge in [0.05, 0.1) is 17.7 Å². The number of nitrogens with zero attached hydrogens (tertiary/aromatic N) is 2. The topological polar surface area (TPSA) is 42.4 Å². The Bertz CT molecular complexity index is 786. The quantitative estimate of drug-likeness (QED) is 0.629. The van der Waals surface area contributed by atoms with Gasteiger partial charge in [-0.3, -0.25) is 9.69 Å². The Morgan fingerprint density at radius 1 is 1.33 bits per heavy atom. The van der Waals surface area contributed by atoms with Crippen molar-refractivity contribution in [1.82, 2.24) is 9.88 Å². The Morgan fingerprint density at radius 3 is 2.81 bits per heavy atom. The fourth-order valence-corrected chi connectivity index (χ4v) is 3.22. The molecule has 4 nitrogen and oxygen atoms in total. The number of methoxy groups -OCH3 is 1. The number of carbonyl (C=O) groups excluding carboxylic acids is 1. The maximum Gasteiger partial charge on any atom is 0.265 e. The van der Waals surface area contributed by atoms with Crippen molar-refractivity contribution in [3.8, 4) is 5.75 Å². The van der Waals surface area contributed by atoms with Crippen LogP contribution in [0.5, 0.6) is 5.75 Å². The molecule has 3 rings (SSSR count). The highest BCUT2D eigenvalue weighted by Gasteiger charge is 2.28. The molecule has 1 aliphatic rings. The molecule has 0 saturated carbocycles. The Balaban J connectivity index is 2.06. The Morgan fingerprint density at radius 2 is 2.14 bits per heavy atom. The number of thioether (sulfide) groups is 1. The number of hydrogen-bond acceptors (Lipinski definition) is 5. The highest BCUT2D eigenvalue weighted by atomic mass is 32.2. The first-order chi connectivity index (χ1) is 10.1. The van der Waals surface area contributed by atoms with E-state index < -0.39 is 0 Å². The average molecular weight is 316 g/mol. The third kappa shape index (κ3) is 2.52. The van der Waals surface area contributed by atoms with Crippen molar-refractivity contribution in [3.63, 3.8) is 0 Å². The van der Waals surface area contributed by atoms with Crippen LogP contribution in [0.2, 0.25) is 0 Å². The van der Waals surface area contributed by atoms with E-state index in [4.69, 9.17) is 17.0 Å². The van der Waals surface area contributed by atoms with Gasteiger partial charge < -0.3 is 4.74 Å². The summed E-state index contributed by atoms with van der Waals surface area (Å²) in [7, 11) is 3.29. The number of likely N-dealkylation sites (N-methyl/N-ethyl adjacent to an activating group) is 1. The lowest BCUT2D eigenvalue weighted by atomic mass is 10.2. The van der Waals surface area contributed by atoms with Gasteiger partial charge in [-0.25, -0.2) is 4.98 Å². The summed E-state index contributed by atoms with van der Waals surface area (Å²) < 4.78 is 5.88. The molecule has 2 aromatic rings. The maximum absolute atomic E-state index is 12.0. The number of hydrogen-bond donors (Lipinski definition) is 0. The molecule has 6 heteroatoms. The van der Waals surface area contributed by atoms with Crippen LogP contribution in [0.4, 0.5) is 0 Å². The summed E-state index contributed by atoms with van der Waals surface area (Å²) in [5.74, 6) is 0.623. The molecule has 21 heavy (non-hydrogen) atoms. The van der Waals surface area contributed by atoms with Gasteiger partial charge in [-0.1, -0.05) is 42.2 Å². The third-order valence-corrected chi connectivity index (χ3v) is 4.67. The number of thiocarbonyl (C=S) groups is 1. The number of ether oxygens (including phenoxy) is 1. The molecule has 1 fully saturated rings. The van der Waals surface area contributed by atoms with Crippen LogP contribution < -0.4 is 4.74 Å². The van der Waals surface area contributed by atoms with E-state index in [9.17, 15) is 4.79 Å². The van der Waals surface area contributed by atoms with Crippen molar-refractivity contribution in [2.24, 2.45) is 0 Å². The molecule has 1 aromatic heterocycles. The lowest BCUT2D eigenvalue weighted by Crippen LogP contribution is -2.22. The summed E-state index contributed by atoms with van der Waals surface area (Å²) in [5.41, 5.74) is 1.49. The van der Waals surface area contributed by atoms with E-state index in [0.29, 0.717) is 20.7 Å². The van der Waals surface area contributed by atoms with Crippen molar-refractivity contribution in [2.75, 3.05) is 14.2 Å². The van der Waals surface area contributed by atoms with Gasteiger partial charge in [0.15, 0.2) is 0 Å². The highest BCUT2D eigenvalue weighted by molar-refractivity contribution is 8.26. The molecule has 0 spiro atoms. The zero-order valence-electron chi connectivity index (χ0n) is 11.5. The predicted molar refractivity (Wildman–Crippen MR) is 89.2 cm³/mol. The van der Waals surface area contributed by atoms with E-state index in [0.717, 1.165) is 10.9 Å². The molecule has 106 valence electrons. The zero-order valence-corrected chi connectivity index (χ0v) is 13.1. The van der Waals surface area contributed by atoms with Crippen LogP contribution in [-0.2, 0) is 4.79 Å². The fraction of sp³-hybridized carbons (Fsp3) is 0.133. The fourth-order valence-electron chi connectivity index (χ4n) is 2.06. The van der Waals surface area contributed by atoms with E-state index in [1.807, 2.05) is 30.3 Å². The lowest BCUT2D eigenvalue weighted by molar-refractivity contribution is -0.121. The average Bonchev–Trinajstić information content (AvgIpc) is 2.74. The second-order valence-corrected chi connectivity index (χ2v) is 6.18. The number of amides is 1. The van der Waals surface area contributed by atoms with Crippen LogP contribution in [0.25, 0.3) is 17.0 Å². The first-order valence-corrected chi connectivity index (χ1v) is 7.48. The summed E-state index contributed by atoms with van der Waals surface area (Å²) in [6.07, 6.45) is 1.76. The number of aromatic nitrogens is 1. The first-order valence-electron chi connectivity index (χ1n) is 6.25. The van der Waals surface area contributed by atoms with Crippen molar-refractivity contribution in [2.45, 2.75) is 0 Å². The molecule has 0 unspecified atom stereocenters. The summed E-state index contributed by atoms with van der Waals surface area (Å²) in [6, 6.07) is 9.60. The Hall–Kier alpha value is -1.92. The smallest absolute Gasteiger partial charge is 0.265 e. The second kappa shape index (κ2) is 5.46. The molecule has 1 aromatic carbocycles. The van der Waals surface area contributed by atoms with Gasteiger partial charge in [0.25, 0.3) is 5.91 Å². The van der Waals surface area contributed by atoms with Crippen molar-refractivity contribution in [3.05, 3.63) is 40.9 Å². The zero-order chi connectivity index (χ0) is 15.0. The standard InChI is InChI=1S/C15H12N2O2S2/c1-17-14(18)12(21-15(17)20)8-10-7-6-9-4-3-5-11(19-2)13(9)16-10/h3-8H,1-2H3. The number of para-hydroxylation sites is 1. The Kier molecular flexibility index (Phi) is 3.65. The number of fused-ring (bicyclic) bond motifs is 1. The van der Waals surface area contributed by atoms with E-state index in [2.05, 4.69) is 4.98 Å². The monoisotopic (exact) mass is 316 g/mol. The summed E-state index contributed by atoms with van der Waals surface area (Å²) in [4.78, 5) is 18.6. The van der Waals surface area contributed by atoms with Gasteiger partial charge in [0.2, 0.25) is 0 Å². The van der Waals surface area contributed by atoms with E-state index >= 15 is 0 Å². The van der Waals surface area contributed by atoms with Gasteiger partial charge in [-0.05, 0) is 18.2 Å². The molecule has 0 N–H and O–H groups in total. The van der Waals surface area contributed by atoms with Crippen LogP contribution in [0.1, 0.15) is 5.69 Å². The number of benzene rings is 1. The van der Waals surface area contributed by atoms with Gasteiger partial charge in [-0.15, -0.1) is 0 Å². The molecule has 1 saturated heterocycles. The van der Waals surface area contributed by atoms with Crippen LogP contribution in [0.3, 0.4) is 0 Å². The minimum atomic E-state index is -0.0908. The second-order valence-electron chi connectivity index (χ2n) is 4.51. The predicted octanol–water partition coefficient (Wildman–Crippen LogP) is 3.07. The first kappa shape index (κ1) is 14.0. The van der Waals surface area contributed by atoms with Crippen LogP contribution in [0, 0.1) is 0 Å². The Labute approximate surface area is 131 Å². The van der Waals surface area contributed by atoms with Crippen molar-refractivity contribution < 1.29 is 9.53 Å². The van der Waals surface area contributed by atoms with Crippen LogP contribution in [-0.4, -0.2) is 34.3 Å². The van der Waals surface area contributed by atoms with E-state index in [1.165, 1.54) is 16.7 Å². The molecule has 2 heterocycles. The van der Waals surface area contributed by atoms with E-state index in [1.54, 1.807) is 20.2 Å². The maximum atomic E-state index is 12.0. The van der Waals surface area contributed by atoms with Gasteiger partial charge in [0.1, 0.15) is 15.6 Å². The lowest BCUT2D eigenvalue weighted by Gasteiger charge is -2.05. The van der Waals surface area contributed by atoms with E-state index in [-0.39, 0.29) is 5.91 Å². The SMILES string of the molecule is COc1cccc2ccc(C=C3SC(=S)N(C)C3=O)nc12. The van der Waals surface area contributed by atoms with Gasteiger partial charge >= 0.3 is 0 Å². The molecule has 0 atom stereocenters. The summed E-state index contributed by atoms with van der Waals surface area (Å²) in [6.45, 7) is 0. The highest BCUT2D eigenvalue weighted by Crippen LogP contribution is 2.31. The summed E-state index contributed by atoms with van der Waals surface area (Å²) >= 11 is 6.41. The van der Waals surface area contributed by atoms with Crippen molar-refractivity contribution >= 4 is 51.2 Å². The van der Waals surface area contributed by atoms with Crippen LogP contribution in [0.15, 0.2) is 35.2 Å². The molecule has 0 bridgehead atoms. The minimum absolute atomic E-state index is 0.0908. The van der Waals surface area contributed by atoms with Crippen molar-refractivity contribution in [1.29, 1.82) is 0 Å².